The molecule has 130 valence electrons. The molecule has 0 radical (unpaired) electrons. The van der Waals surface area contributed by atoms with Gasteiger partial charge in [0.2, 0.25) is 0 Å². The van der Waals surface area contributed by atoms with Gasteiger partial charge in [-0.2, -0.15) is 0 Å². The molecule has 0 saturated heterocycles. The van der Waals surface area contributed by atoms with Crippen molar-refractivity contribution < 1.29 is 9.90 Å². The van der Waals surface area contributed by atoms with Crippen LogP contribution < -0.4 is 5.32 Å². The Hall–Kier alpha value is -1.42. The molecule has 0 bridgehead atoms. The van der Waals surface area contributed by atoms with Crippen LogP contribution in [0.1, 0.15) is 87.2 Å². The zero-order valence-electron chi connectivity index (χ0n) is 14.5. The lowest BCUT2D eigenvalue weighted by atomic mass is 10.1. The predicted octanol–water partition coefficient (Wildman–Crippen LogP) is 4.22. The van der Waals surface area contributed by atoms with E-state index in [1.165, 1.54) is 51.4 Å². The zero-order chi connectivity index (χ0) is 16.8. The summed E-state index contributed by atoms with van der Waals surface area (Å²) in [7, 11) is 0. The third kappa shape index (κ3) is 8.70. The summed E-state index contributed by atoms with van der Waals surface area (Å²) in [5.41, 5.74) is 0.912. The summed E-state index contributed by atoms with van der Waals surface area (Å²) in [4.78, 5) is 16.0. The van der Waals surface area contributed by atoms with Gasteiger partial charge in [0, 0.05) is 18.3 Å². The first-order valence-electron chi connectivity index (χ1n) is 9.12. The highest BCUT2D eigenvalue weighted by Crippen LogP contribution is 2.10. The Morgan fingerprint density at radius 1 is 1.04 bits per heavy atom. The number of pyridine rings is 1. The van der Waals surface area contributed by atoms with Gasteiger partial charge in [-0.15, -0.1) is 0 Å². The minimum atomic E-state index is -0.189. The van der Waals surface area contributed by atoms with Crippen molar-refractivity contribution in [2.45, 2.75) is 77.7 Å². The molecule has 1 rings (SSSR count). The normalized spacial score (nSPS) is 10.7. The summed E-state index contributed by atoms with van der Waals surface area (Å²) < 4.78 is 0. The van der Waals surface area contributed by atoms with Crippen LogP contribution in [0, 0.1) is 0 Å². The number of hydrogen-bond donors (Lipinski definition) is 2. The molecular weight excluding hydrogens is 288 g/mol. The lowest BCUT2D eigenvalue weighted by molar-refractivity contribution is 0.0944. The molecule has 0 aromatic carbocycles. The Balaban J connectivity index is 2.01. The smallest absolute Gasteiger partial charge is 0.270 e. The first kappa shape index (κ1) is 19.6. The van der Waals surface area contributed by atoms with Crippen molar-refractivity contribution in [3.63, 3.8) is 0 Å². The van der Waals surface area contributed by atoms with E-state index in [1.54, 1.807) is 18.3 Å². The van der Waals surface area contributed by atoms with Crippen LogP contribution in [0.4, 0.5) is 0 Å². The molecule has 0 atom stereocenters. The zero-order valence-corrected chi connectivity index (χ0v) is 14.5. The van der Waals surface area contributed by atoms with E-state index in [0.717, 1.165) is 12.8 Å². The third-order valence-electron chi connectivity index (χ3n) is 4.09. The molecule has 1 aromatic rings. The lowest BCUT2D eigenvalue weighted by Gasteiger charge is -2.07. The summed E-state index contributed by atoms with van der Waals surface area (Å²) in [6.07, 6.45) is 14.4. The fourth-order valence-electron chi connectivity index (χ4n) is 2.67. The first-order valence-corrected chi connectivity index (χ1v) is 9.12. The van der Waals surface area contributed by atoms with Crippen LogP contribution in [0.2, 0.25) is 0 Å². The van der Waals surface area contributed by atoms with E-state index in [-0.39, 0.29) is 12.5 Å². The molecule has 0 spiro atoms. The number of carbonyl (C=O) groups excluding carboxylic acids is 1. The third-order valence-corrected chi connectivity index (χ3v) is 4.09. The minimum absolute atomic E-state index is 0.158. The highest BCUT2D eigenvalue weighted by molar-refractivity contribution is 5.93. The van der Waals surface area contributed by atoms with E-state index in [0.29, 0.717) is 17.8 Å². The van der Waals surface area contributed by atoms with E-state index < -0.39 is 0 Å². The van der Waals surface area contributed by atoms with E-state index in [9.17, 15) is 9.90 Å². The average Bonchev–Trinajstić information content (AvgIpc) is 2.59. The van der Waals surface area contributed by atoms with Crippen molar-refractivity contribution in [3.05, 3.63) is 29.6 Å². The highest BCUT2D eigenvalue weighted by atomic mass is 16.3. The second kappa shape index (κ2) is 13.1. The van der Waals surface area contributed by atoms with Crippen LogP contribution in [0.3, 0.4) is 0 Å². The van der Waals surface area contributed by atoms with Gasteiger partial charge in [-0.1, -0.05) is 70.8 Å². The van der Waals surface area contributed by atoms with Crippen LogP contribution in [-0.4, -0.2) is 22.5 Å². The number of hydrogen-bond acceptors (Lipinski definition) is 3. The number of carbonyl (C=O) groups is 1. The van der Waals surface area contributed by atoms with Gasteiger partial charge < -0.3 is 10.4 Å². The van der Waals surface area contributed by atoms with Crippen LogP contribution in [-0.2, 0) is 6.61 Å². The maximum absolute atomic E-state index is 12.0. The number of aliphatic hydroxyl groups excluding tert-OH is 1. The van der Waals surface area contributed by atoms with Crippen molar-refractivity contribution in [1.82, 2.24) is 10.3 Å². The standard InChI is InChI=1S/C19H32N2O2/c1-2-3-4-5-6-7-8-9-10-11-14-21-19(23)18-17(16-22)13-12-15-20-18/h12-13,15,22H,2-11,14,16H2,1H3,(H,21,23). The van der Waals surface area contributed by atoms with Gasteiger partial charge in [-0.25, -0.2) is 0 Å². The molecular formula is C19H32N2O2. The van der Waals surface area contributed by atoms with Gasteiger partial charge in [0.1, 0.15) is 5.69 Å². The molecule has 23 heavy (non-hydrogen) atoms. The molecule has 4 heteroatoms. The summed E-state index contributed by atoms with van der Waals surface area (Å²) >= 11 is 0. The summed E-state index contributed by atoms with van der Waals surface area (Å²) in [6, 6.07) is 3.45. The molecule has 1 amide bonds. The molecule has 0 saturated carbocycles. The molecule has 0 aliphatic rings. The fraction of sp³-hybridized carbons (Fsp3) is 0.684. The maximum atomic E-state index is 12.0. The monoisotopic (exact) mass is 320 g/mol. The van der Waals surface area contributed by atoms with E-state index in [1.807, 2.05) is 0 Å². The van der Waals surface area contributed by atoms with Gasteiger partial charge in [0.25, 0.3) is 5.91 Å². The van der Waals surface area contributed by atoms with Crippen LogP contribution in [0.25, 0.3) is 0 Å². The number of unbranched alkanes of at least 4 members (excludes halogenated alkanes) is 9. The highest BCUT2D eigenvalue weighted by Gasteiger charge is 2.10. The van der Waals surface area contributed by atoms with Gasteiger partial charge >= 0.3 is 0 Å². The Morgan fingerprint density at radius 3 is 2.26 bits per heavy atom. The summed E-state index contributed by atoms with van der Waals surface area (Å²) in [6.45, 7) is 2.77. The largest absolute Gasteiger partial charge is 0.392 e. The Bertz CT molecular complexity index is 435. The molecule has 1 aromatic heterocycles. The first-order chi connectivity index (χ1) is 11.3. The van der Waals surface area contributed by atoms with Crippen molar-refractivity contribution >= 4 is 5.91 Å². The Labute approximate surface area is 140 Å². The summed E-state index contributed by atoms with van der Waals surface area (Å²) in [5.74, 6) is -0.189. The molecule has 2 N–H and O–H groups in total. The van der Waals surface area contributed by atoms with Gasteiger partial charge in [-0.05, 0) is 12.5 Å². The Kier molecular flexibility index (Phi) is 11.1. The molecule has 0 aliphatic heterocycles. The lowest BCUT2D eigenvalue weighted by Crippen LogP contribution is -2.26. The quantitative estimate of drug-likeness (QED) is 0.535. The molecule has 1 heterocycles. The molecule has 4 nitrogen and oxygen atoms in total. The van der Waals surface area contributed by atoms with Crippen LogP contribution in [0.5, 0.6) is 0 Å². The molecule has 0 aliphatic carbocycles. The maximum Gasteiger partial charge on any atom is 0.270 e. The van der Waals surface area contributed by atoms with Gasteiger partial charge in [-0.3, -0.25) is 9.78 Å². The number of aromatic nitrogens is 1. The Morgan fingerprint density at radius 2 is 1.65 bits per heavy atom. The second-order valence-corrected chi connectivity index (χ2v) is 6.11. The van der Waals surface area contributed by atoms with Crippen LogP contribution >= 0.6 is 0 Å². The van der Waals surface area contributed by atoms with Crippen molar-refractivity contribution in [2.75, 3.05) is 6.54 Å². The number of nitrogens with zero attached hydrogens (tertiary/aromatic N) is 1. The van der Waals surface area contributed by atoms with E-state index in [2.05, 4.69) is 17.2 Å². The predicted molar refractivity (Wildman–Crippen MR) is 94.3 cm³/mol. The molecule has 0 unspecified atom stereocenters. The number of aliphatic hydroxyl groups is 1. The van der Waals surface area contributed by atoms with Crippen LogP contribution in [0.15, 0.2) is 18.3 Å². The number of amides is 1. The van der Waals surface area contributed by atoms with Crippen molar-refractivity contribution in [1.29, 1.82) is 0 Å². The van der Waals surface area contributed by atoms with E-state index >= 15 is 0 Å². The van der Waals surface area contributed by atoms with Gasteiger partial charge in [0.05, 0.1) is 6.61 Å². The number of rotatable bonds is 13. The summed E-state index contributed by atoms with van der Waals surface area (Å²) in [5, 5.41) is 12.1. The fourth-order valence-corrected chi connectivity index (χ4v) is 2.67. The minimum Gasteiger partial charge on any atom is -0.392 e. The van der Waals surface area contributed by atoms with Gasteiger partial charge in [0.15, 0.2) is 0 Å². The second-order valence-electron chi connectivity index (χ2n) is 6.11. The average molecular weight is 320 g/mol. The molecule has 0 fully saturated rings. The SMILES string of the molecule is CCCCCCCCCCCCNC(=O)c1ncccc1CO. The topological polar surface area (TPSA) is 62.2 Å². The van der Waals surface area contributed by atoms with Crippen molar-refractivity contribution in [2.24, 2.45) is 0 Å². The van der Waals surface area contributed by atoms with Crippen molar-refractivity contribution in [3.8, 4) is 0 Å². The number of nitrogens with one attached hydrogen (secondary N) is 1. The van der Waals surface area contributed by atoms with E-state index in [4.69, 9.17) is 0 Å².